The first-order valence-electron chi connectivity index (χ1n) is 6.99. The third-order valence-electron chi connectivity index (χ3n) is 3.82. The molecule has 1 N–H and O–H groups in total. The van der Waals surface area contributed by atoms with E-state index < -0.39 is 0 Å². The number of hydrogen-bond donors (Lipinski definition) is 1. The lowest BCUT2D eigenvalue weighted by Crippen LogP contribution is -2.42. The third-order valence-corrected chi connectivity index (χ3v) is 4.49. The molecule has 110 valence electrons. The highest BCUT2D eigenvalue weighted by atomic mass is 79.9. The van der Waals surface area contributed by atoms with Gasteiger partial charge in [0, 0.05) is 18.7 Å². The summed E-state index contributed by atoms with van der Waals surface area (Å²) in [5.74, 6) is 0. The van der Waals surface area contributed by atoms with E-state index in [0.29, 0.717) is 10.5 Å². The third kappa shape index (κ3) is 3.77. The van der Waals surface area contributed by atoms with E-state index in [1.54, 1.807) is 12.1 Å². The largest absolute Gasteiger partial charge is 0.317 e. The van der Waals surface area contributed by atoms with Gasteiger partial charge in [0.2, 0.25) is 0 Å². The molecule has 1 saturated heterocycles. The summed E-state index contributed by atoms with van der Waals surface area (Å²) < 4.78 is 0.538. The zero-order valence-corrected chi connectivity index (χ0v) is 13.2. The normalized spacial score (nSPS) is 16.6. The van der Waals surface area contributed by atoms with Crippen LogP contribution in [-0.2, 0) is 6.54 Å². The van der Waals surface area contributed by atoms with Crippen molar-refractivity contribution in [1.29, 1.82) is 0 Å². The van der Waals surface area contributed by atoms with Crippen LogP contribution in [0.1, 0.15) is 25.3 Å². The van der Waals surface area contributed by atoms with E-state index in [0.717, 1.165) is 44.6 Å². The number of nitro benzene ring substituents is 1. The van der Waals surface area contributed by atoms with Gasteiger partial charge in [-0.3, -0.25) is 15.0 Å². The van der Waals surface area contributed by atoms with E-state index in [2.05, 4.69) is 33.1 Å². The maximum absolute atomic E-state index is 11.0. The van der Waals surface area contributed by atoms with Crippen LogP contribution in [0.3, 0.4) is 0 Å². The fraction of sp³-hybridized carbons (Fsp3) is 0.571. The van der Waals surface area contributed by atoms with Crippen LogP contribution in [0.5, 0.6) is 0 Å². The van der Waals surface area contributed by atoms with Gasteiger partial charge < -0.3 is 5.32 Å². The first kappa shape index (κ1) is 15.4. The summed E-state index contributed by atoms with van der Waals surface area (Å²) in [7, 11) is 0. The second kappa shape index (κ2) is 7.15. The van der Waals surface area contributed by atoms with Gasteiger partial charge in [0.25, 0.3) is 5.69 Å². The SMILES string of the molecule is CCN(Cc1ccc(Br)c([N+](=O)[O-])c1)C1CCNCC1. The highest BCUT2D eigenvalue weighted by Crippen LogP contribution is 2.26. The quantitative estimate of drug-likeness (QED) is 0.660. The standard InChI is InChI=1S/C14H20BrN3O2/c1-2-17(12-5-7-16-8-6-12)10-11-3-4-13(15)14(9-11)18(19)20/h3-4,9,12,16H,2,5-8,10H2,1H3. The van der Waals surface area contributed by atoms with Gasteiger partial charge in [0.05, 0.1) is 9.40 Å². The second-order valence-corrected chi connectivity index (χ2v) is 5.94. The molecule has 0 bridgehead atoms. The smallest absolute Gasteiger partial charge is 0.283 e. The molecule has 1 heterocycles. The van der Waals surface area contributed by atoms with Gasteiger partial charge in [-0.1, -0.05) is 13.0 Å². The minimum absolute atomic E-state index is 0.142. The Labute approximate surface area is 127 Å². The van der Waals surface area contributed by atoms with Crippen LogP contribution in [0, 0.1) is 10.1 Å². The minimum atomic E-state index is -0.339. The summed E-state index contributed by atoms with van der Waals surface area (Å²) in [5, 5.41) is 14.4. The van der Waals surface area contributed by atoms with Crippen molar-refractivity contribution >= 4 is 21.6 Å². The van der Waals surface area contributed by atoms with Crippen LogP contribution in [-0.4, -0.2) is 35.5 Å². The fourth-order valence-corrected chi connectivity index (χ4v) is 3.09. The Morgan fingerprint density at radius 2 is 2.15 bits per heavy atom. The summed E-state index contributed by atoms with van der Waals surface area (Å²) in [6.45, 7) is 6.00. The van der Waals surface area contributed by atoms with Crippen molar-refractivity contribution in [3.05, 3.63) is 38.3 Å². The van der Waals surface area contributed by atoms with Gasteiger partial charge >= 0.3 is 0 Å². The molecule has 1 aliphatic rings. The zero-order valence-electron chi connectivity index (χ0n) is 11.6. The molecule has 0 aliphatic carbocycles. The Bertz CT molecular complexity index is 475. The molecular formula is C14H20BrN3O2. The van der Waals surface area contributed by atoms with E-state index in [1.165, 1.54) is 0 Å². The number of halogens is 1. The summed E-state index contributed by atoms with van der Waals surface area (Å²) >= 11 is 3.23. The van der Waals surface area contributed by atoms with E-state index >= 15 is 0 Å². The summed E-state index contributed by atoms with van der Waals surface area (Å²) in [6.07, 6.45) is 2.29. The molecule has 1 aliphatic heterocycles. The highest BCUT2D eigenvalue weighted by Gasteiger charge is 2.21. The fourth-order valence-electron chi connectivity index (χ4n) is 2.70. The first-order chi connectivity index (χ1) is 9.61. The molecule has 1 fully saturated rings. The van der Waals surface area contributed by atoms with Crippen LogP contribution >= 0.6 is 15.9 Å². The van der Waals surface area contributed by atoms with Crippen molar-refractivity contribution in [2.45, 2.75) is 32.4 Å². The molecule has 1 aromatic carbocycles. The average Bonchev–Trinajstić information content (AvgIpc) is 2.47. The van der Waals surface area contributed by atoms with E-state index in [1.807, 2.05) is 6.07 Å². The van der Waals surface area contributed by atoms with Gasteiger partial charge in [0.15, 0.2) is 0 Å². The van der Waals surface area contributed by atoms with Crippen molar-refractivity contribution < 1.29 is 4.92 Å². The molecule has 20 heavy (non-hydrogen) atoms. The van der Waals surface area contributed by atoms with Gasteiger partial charge in [-0.05, 0) is 60.0 Å². The van der Waals surface area contributed by atoms with Crippen LogP contribution in [0.15, 0.2) is 22.7 Å². The van der Waals surface area contributed by atoms with Gasteiger partial charge in [-0.15, -0.1) is 0 Å². The van der Waals surface area contributed by atoms with Gasteiger partial charge in [0.1, 0.15) is 0 Å². The molecule has 0 saturated carbocycles. The van der Waals surface area contributed by atoms with Crippen molar-refractivity contribution in [2.24, 2.45) is 0 Å². The molecule has 0 amide bonds. The first-order valence-corrected chi connectivity index (χ1v) is 7.78. The molecule has 0 atom stereocenters. The lowest BCUT2D eigenvalue weighted by Gasteiger charge is -2.33. The van der Waals surface area contributed by atoms with Gasteiger partial charge in [-0.25, -0.2) is 0 Å². The van der Waals surface area contributed by atoms with Crippen molar-refractivity contribution in [3.63, 3.8) is 0 Å². The molecule has 0 aromatic heterocycles. The van der Waals surface area contributed by atoms with Crippen molar-refractivity contribution in [3.8, 4) is 0 Å². The number of rotatable bonds is 5. The van der Waals surface area contributed by atoms with E-state index in [-0.39, 0.29) is 10.6 Å². The number of nitrogens with one attached hydrogen (secondary N) is 1. The van der Waals surface area contributed by atoms with Crippen LogP contribution < -0.4 is 5.32 Å². The number of nitrogens with zero attached hydrogens (tertiary/aromatic N) is 2. The maximum atomic E-state index is 11.0. The van der Waals surface area contributed by atoms with Crippen LogP contribution in [0.2, 0.25) is 0 Å². The topological polar surface area (TPSA) is 58.4 Å². The Morgan fingerprint density at radius 1 is 1.45 bits per heavy atom. The van der Waals surface area contributed by atoms with Crippen LogP contribution in [0.4, 0.5) is 5.69 Å². The molecule has 1 aromatic rings. The zero-order chi connectivity index (χ0) is 14.5. The maximum Gasteiger partial charge on any atom is 0.283 e. The number of piperidine rings is 1. The van der Waals surface area contributed by atoms with E-state index in [9.17, 15) is 10.1 Å². The second-order valence-electron chi connectivity index (χ2n) is 5.09. The Kier molecular flexibility index (Phi) is 5.51. The number of nitro groups is 1. The summed E-state index contributed by atoms with van der Waals surface area (Å²) in [5.41, 5.74) is 1.14. The summed E-state index contributed by atoms with van der Waals surface area (Å²) in [4.78, 5) is 13.1. The van der Waals surface area contributed by atoms with Crippen molar-refractivity contribution in [2.75, 3.05) is 19.6 Å². The minimum Gasteiger partial charge on any atom is -0.317 e. The number of hydrogen-bond acceptors (Lipinski definition) is 4. The lowest BCUT2D eigenvalue weighted by atomic mass is 10.0. The molecule has 0 unspecified atom stereocenters. The molecular weight excluding hydrogens is 322 g/mol. The van der Waals surface area contributed by atoms with E-state index in [4.69, 9.17) is 0 Å². The molecule has 6 heteroatoms. The predicted molar refractivity (Wildman–Crippen MR) is 82.8 cm³/mol. The molecule has 0 spiro atoms. The highest BCUT2D eigenvalue weighted by molar-refractivity contribution is 9.10. The molecule has 5 nitrogen and oxygen atoms in total. The molecule has 2 rings (SSSR count). The van der Waals surface area contributed by atoms with Gasteiger partial charge in [-0.2, -0.15) is 0 Å². The predicted octanol–water partition coefficient (Wildman–Crippen LogP) is 2.93. The Hall–Kier alpha value is -0.980. The monoisotopic (exact) mass is 341 g/mol. The number of benzene rings is 1. The summed E-state index contributed by atoms with van der Waals surface area (Å²) in [6, 6.07) is 5.97. The van der Waals surface area contributed by atoms with Crippen LogP contribution in [0.25, 0.3) is 0 Å². The average molecular weight is 342 g/mol. The Balaban J connectivity index is 2.10. The lowest BCUT2D eigenvalue weighted by molar-refractivity contribution is -0.385. The molecule has 0 radical (unpaired) electrons. The Morgan fingerprint density at radius 3 is 2.75 bits per heavy atom. The van der Waals surface area contributed by atoms with Crippen molar-refractivity contribution in [1.82, 2.24) is 10.2 Å².